The van der Waals surface area contributed by atoms with Crippen molar-refractivity contribution in [2.75, 3.05) is 32.5 Å². The van der Waals surface area contributed by atoms with Crippen molar-refractivity contribution in [3.05, 3.63) is 72.8 Å². The molecule has 3 aromatic heterocycles. The van der Waals surface area contributed by atoms with Crippen LogP contribution in [-0.4, -0.2) is 62.3 Å². The Labute approximate surface area is 248 Å². The van der Waals surface area contributed by atoms with Gasteiger partial charge in [-0.25, -0.2) is 19.7 Å². The molecule has 13 heteroatoms. The Balaban J connectivity index is 0.00000210. The summed E-state index contributed by atoms with van der Waals surface area (Å²) < 4.78 is 10.8. The zero-order valence-electron chi connectivity index (χ0n) is 21.4. The molecule has 39 heavy (non-hydrogen) atoms. The number of ether oxygens (including phenoxy) is 1. The molecule has 0 saturated carbocycles. The third-order valence-electron chi connectivity index (χ3n) is 5.84. The number of anilines is 2. The van der Waals surface area contributed by atoms with Gasteiger partial charge in [0.05, 0.1) is 0 Å². The molecule has 0 aliphatic carbocycles. The summed E-state index contributed by atoms with van der Waals surface area (Å²) in [6.45, 7) is 1.41. The number of nitrogens with zero attached hydrogens (tertiary/aromatic N) is 6. The van der Waals surface area contributed by atoms with E-state index in [0.29, 0.717) is 35.5 Å². The highest BCUT2D eigenvalue weighted by atomic mass is 35.5. The van der Waals surface area contributed by atoms with E-state index in [1.54, 1.807) is 31.4 Å². The number of urea groups is 1. The molecule has 9 nitrogen and oxygen atoms in total. The molecule has 4 heterocycles. The fourth-order valence-electron chi connectivity index (χ4n) is 3.96. The smallest absolute Gasteiger partial charge is 0.319 e. The molecule has 0 unspecified atom stereocenters. The molecule has 1 N–H and O–H groups in total. The van der Waals surface area contributed by atoms with Gasteiger partial charge in [-0.3, -0.25) is 0 Å². The molecule has 2 amide bonds. The minimum Gasteiger partial charge on any atom is -0.453 e. The van der Waals surface area contributed by atoms with E-state index in [9.17, 15) is 4.79 Å². The highest BCUT2D eigenvalue weighted by Gasteiger charge is 2.27. The lowest BCUT2D eigenvalue weighted by molar-refractivity contribution is 0.155. The molecule has 1 aliphatic heterocycles. The average molecular weight is 607 g/mol. The second-order valence-electron chi connectivity index (χ2n) is 8.72. The van der Waals surface area contributed by atoms with Gasteiger partial charge in [0.1, 0.15) is 16.6 Å². The van der Waals surface area contributed by atoms with Crippen LogP contribution in [0.4, 0.5) is 15.7 Å². The summed E-state index contributed by atoms with van der Waals surface area (Å²) in [5.41, 5.74) is 0. The number of likely N-dealkylation sites (tertiary alicyclic amines) is 1. The Morgan fingerprint density at radius 3 is 2.51 bits per heavy atom. The molecule has 5 rings (SSSR count). The van der Waals surface area contributed by atoms with Crippen LogP contribution in [0.5, 0.6) is 11.5 Å². The Morgan fingerprint density at radius 1 is 1.08 bits per heavy atom. The van der Waals surface area contributed by atoms with Crippen LogP contribution < -0.4 is 10.1 Å². The highest BCUT2D eigenvalue weighted by molar-refractivity contribution is 7.99. The van der Waals surface area contributed by atoms with E-state index < -0.39 is 0 Å². The van der Waals surface area contributed by atoms with Gasteiger partial charge in [0.25, 0.3) is 0 Å². The first-order valence-corrected chi connectivity index (χ1v) is 13.5. The average Bonchev–Trinajstić information content (AvgIpc) is 3.39. The summed E-state index contributed by atoms with van der Waals surface area (Å²) in [6.07, 6.45) is 5.24. The molecule has 4 aromatic rings. The summed E-state index contributed by atoms with van der Waals surface area (Å²) in [6, 6.07) is 17.4. The van der Waals surface area contributed by atoms with E-state index in [-0.39, 0.29) is 36.8 Å². The molecule has 0 atom stereocenters. The molecule has 1 fully saturated rings. The van der Waals surface area contributed by atoms with Crippen LogP contribution in [0.2, 0.25) is 0 Å². The maximum atomic E-state index is 12.2. The largest absolute Gasteiger partial charge is 0.453 e. The normalized spacial score (nSPS) is 13.1. The first-order valence-electron chi connectivity index (χ1n) is 11.9. The first kappa shape index (κ1) is 30.4. The van der Waals surface area contributed by atoms with Crippen molar-refractivity contribution in [1.29, 1.82) is 0 Å². The van der Waals surface area contributed by atoms with Gasteiger partial charge in [0, 0.05) is 68.0 Å². The Hall–Kier alpha value is -3.12. The van der Waals surface area contributed by atoms with Crippen molar-refractivity contribution in [2.24, 2.45) is 0 Å². The monoisotopic (exact) mass is 605 g/mol. The zero-order valence-corrected chi connectivity index (χ0v) is 24.7. The van der Waals surface area contributed by atoms with Gasteiger partial charge in [-0.05, 0) is 37.1 Å². The molecule has 206 valence electrons. The third kappa shape index (κ3) is 7.95. The number of hydrogen-bond acceptors (Lipinski definition) is 9. The SMILES string of the molecule is CN(C)C(=O)N1CCC(c2nsc(Nc3ncc(Sc4ccccn4)cc3Oc3ccccc3)n2)CC1.Cl.Cl. The number of benzene rings is 1. The number of carbonyl (C=O) groups excluding carboxylic acids is 1. The van der Waals surface area contributed by atoms with E-state index in [2.05, 4.69) is 19.7 Å². The van der Waals surface area contributed by atoms with Crippen LogP contribution in [-0.2, 0) is 0 Å². The predicted molar refractivity (Wildman–Crippen MR) is 159 cm³/mol. The highest BCUT2D eigenvalue weighted by Crippen LogP contribution is 2.36. The number of para-hydroxylation sites is 1. The van der Waals surface area contributed by atoms with Crippen LogP contribution >= 0.6 is 48.1 Å². The van der Waals surface area contributed by atoms with Gasteiger partial charge < -0.3 is 19.9 Å². The van der Waals surface area contributed by atoms with Crippen molar-refractivity contribution >= 4 is 65.1 Å². The number of piperidine rings is 1. The van der Waals surface area contributed by atoms with Crippen LogP contribution in [0.15, 0.2) is 76.9 Å². The fraction of sp³-hybridized carbons (Fsp3) is 0.269. The quantitative estimate of drug-likeness (QED) is 0.248. The Morgan fingerprint density at radius 2 is 1.82 bits per heavy atom. The number of aromatic nitrogens is 4. The number of carbonyl (C=O) groups is 1. The summed E-state index contributed by atoms with van der Waals surface area (Å²) in [4.78, 5) is 30.4. The minimum absolute atomic E-state index is 0. The topological polar surface area (TPSA) is 96.4 Å². The molecule has 1 saturated heterocycles. The molecule has 0 spiro atoms. The first-order chi connectivity index (χ1) is 18.0. The van der Waals surface area contributed by atoms with E-state index in [1.807, 2.05) is 59.5 Å². The summed E-state index contributed by atoms with van der Waals surface area (Å²) in [7, 11) is 3.56. The standard InChI is InChI=1S/C26H27N7O2S2.2ClH/c1-32(2)26(34)33-14-11-18(12-15-33)23-29-25(37-31-23)30-24-21(35-19-8-4-3-5-9-19)16-20(17-28-24)36-22-10-6-7-13-27-22;;/h3-10,13,16-18H,11-12,14-15H2,1-2H3,(H,28,29,30,31);2*1H. The lowest BCUT2D eigenvalue weighted by Gasteiger charge is -2.32. The number of halogens is 2. The van der Waals surface area contributed by atoms with E-state index >= 15 is 0 Å². The van der Waals surface area contributed by atoms with Crippen molar-refractivity contribution in [3.63, 3.8) is 0 Å². The lowest BCUT2D eigenvalue weighted by atomic mass is 9.96. The van der Waals surface area contributed by atoms with Crippen molar-refractivity contribution in [2.45, 2.75) is 28.7 Å². The fourth-order valence-corrected chi connectivity index (χ4v) is 5.38. The second-order valence-corrected chi connectivity index (χ2v) is 10.6. The van der Waals surface area contributed by atoms with Crippen LogP contribution in [0.25, 0.3) is 0 Å². The predicted octanol–water partition coefficient (Wildman–Crippen LogP) is 6.72. The molecule has 0 bridgehead atoms. The number of amides is 2. The summed E-state index contributed by atoms with van der Waals surface area (Å²) in [5.74, 6) is 2.88. The Bertz CT molecular complexity index is 1340. The Kier molecular flexibility index (Phi) is 11.2. The zero-order chi connectivity index (χ0) is 25.6. The van der Waals surface area contributed by atoms with Gasteiger partial charge in [-0.1, -0.05) is 36.0 Å². The lowest BCUT2D eigenvalue weighted by Crippen LogP contribution is -2.43. The number of hydrogen-bond donors (Lipinski definition) is 1. The van der Waals surface area contributed by atoms with Gasteiger partial charge in [0.2, 0.25) is 5.13 Å². The number of nitrogens with one attached hydrogen (secondary N) is 1. The van der Waals surface area contributed by atoms with Gasteiger partial charge in [0.15, 0.2) is 11.6 Å². The third-order valence-corrected chi connectivity index (χ3v) is 7.39. The van der Waals surface area contributed by atoms with Gasteiger partial charge >= 0.3 is 6.03 Å². The maximum Gasteiger partial charge on any atom is 0.319 e. The van der Waals surface area contributed by atoms with Crippen LogP contribution in [0.3, 0.4) is 0 Å². The molecular weight excluding hydrogens is 577 g/mol. The van der Waals surface area contributed by atoms with E-state index in [0.717, 1.165) is 28.6 Å². The van der Waals surface area contributed by atoms with E-state index in [1.165, 1.54) is 23.3 Å². The van der Waals surface area contributed by atoms with Gasteiger partial charge in [-0.15, -0.1) is 24.8 Å². The number of pyridine rings is 2. The molecule has 1 aromatic carbocycles. The molecule has 0 radical (unpaired) electrons. The summed E-state index contributed by atoms with van der Waals surface area (Å²) in [5, 5.41) is 4.83. The summed E-state index contributed by atoms with van der Waals surface area (Å²) >= 11 is 2.82. The number of rotatable bonds is 7. The van der Waals surface area contributed by atoms with Crippen LogP contribution in [0.1, 0.15) is 24.6 Å². The van der Waals surface area contributed by atoms with Crippen molar-refractivity contribution < 1.29 is 9.53 Å². The van der Waals surface area contributed by atoms with Crippen molar-refractivity contribution in [3.8, 4) is 11.5 Å². The molecular formula is C26H29Cl2N7O2S2. The second kappa shape index (κ2) is 14.3. The maximum absolute atomic E-state index is 12.2. The van der Waals surface area contributed by atoms with Gasteiger partial charge in [-0.2, -0.15) is 4.37 Å². The van der Waals surface area contributed by atoms with Crippen molar-refractivity contribution in [1.82, 2.24) is 29.1 Å². The van der Waals surface area contributed by atoms with Crippen LogP contribution in [0, 0.1) is 0 Å². The molecule has 1 aliphatic rings. The minimum atomic E-state index is 0. The van der Waals surface area contributed by atoms with E-state index in [4.69, 9.17) is 9.72 Å².